The monoisotopic (exact) mass is 549 g/mol. The largest absolute Gasteiger partial charge is 0.352 e. The lowest BCUT2D eigenvalue weighted by Gasteiger charge is -2.33. The Morgan fingerprint density at radius 2 is 1.59 bits per heavy atom. The summed E-state index contributed by atoms with van der Waals surface area (Å²) in [6.45, 7) is -0.107. The zero-order chi connectivity index (χ0) is 28.3. The number of rotatable bonds is 9. The number of nitrogens with zero attached hydrogens (tertiary/aromatic N) is 2. The van der Waals surface area contributed by atoms with Crippen LogP contribution >= 0.6 is 0 Å². The molecule has 41 heavy (non-hydrogen) atoms. The van der Waals surface area contributed by atoms with E-state index in [2.05, 4.69) is 5.32 Å². The molecule has 1 heterocycles. The molecule has 2 aliphatic rings. The van der Waals surface area contributed by atoms with Gasteiger partial charge in [-0.15, -0.1) is 0 Å². The first-order valence-electron chi connectivity index (χ1n) is 14.2. The van der Waals surface area contributed by atoms with Crippen molar-refractivity contribution in [3.05, 3.63) is 114 Å². The van der Waals surface area contributed by atoms with E-state index in [-0.39, 0.29) is 42.7 Å². The van der Waals surface area contributed by atoms with Crippen molar-refractivity contribution in [2.45, 2.75) is 50.7 Å². The molecule has 6 rings (SSSR count). The summed E-state index contributed by atoms with van der Waals surface area (Å²) >= 11 is 0. The highest BCUT2D eigenvalue weighted by molar-refractivity contribution is 6.26. The van der Waals surface area contributed by atoms with Crippen molar-refractivity contribution in [3.8, 4) is 0 Å². The van der Waals surface area contributed by atoms with Crippen molar-refractivity contribution in [1.29, 1.82) is 0 Å². The zero-order valence-corrected chi connectivity index (χ0v) is 22.8. The minimum atomic E-state index is -0.813. The van der Waals surface area contributed by atoms with Crippen molar-refractivity contribution in [1.82, 2.24) is 10.2 Å². The van der Waals surface area contributed by atoms with Gasteiger partial charge in [0.1, 0.15) is 18.4 Å². The fraction of sp³-hybridized carbons (Fsp3) is 0.265. The van der Waals surface area contributed by atoms with Crippen LogP contribution in [-0.4, -0.2) is 41.2 Å². The highest BCUT2D eigenvalue weighted by Gasteiger charge is 2.36. The minimum absolute atomic E-state index is 0.0795. The molecular formula is C34H32FN3O3. The van der Waals surface area contributed by atoms with Crippen LogP contribution in [0.25, 0.3) is 10.8 Å². The summed E-state index contributed by atoms with van der Waals surface area (Å²) in [6.07, 6.45) is 4.28. The summed E-state index contributed by atoms with van der Waals surface area (Å²) in [5.74, 6) is -1.17. The van der Waals surface area contributed by atoms with Gasteiger partial charge in [0.05, 0.1) is 5.69 Å². The van der Waals surface area contributed by atoms with E-state index in [0.717, 1.165) is 42.0 Å². The second kappa shape index (κ2) is 11.5. The number of carbonyl (C=O) groups is 3. The van der Waals surface area contributed by atoms with Crippen molar-refractivity contribution in [3.63, 3.8) is 0 Å². The molecule has 3 amide bonds. The first-order chi connectivity index (χ1) is 20.0. The van der Waals surface area contributed by atoms with Gasteiger partial charge >= 0.3 is 0 Å². The number of benzene rings is 4. The van der Waals surface area contributed by atoms with Crippen LogP contribution in [0.2, 0.25) is 0 Å². The predicted octanol–water partition coefficient (Wildman–Crippen LogP) is 5.64. The normalized spacial score (nSPS) is 15.3. The zero-order valence-electron chi connectivity index (χ0n) is 22.8. The van der Waals surface area contributed by atoms with Gasteiger partial charge in [-0.1, -0.05) is 79.6 Å². The number of amides is 3. The molecule has 4 aromatic carbocycles. The van der Waals surface area contributed by atoms with Crippen LogP contribution in [0.5, 0.6) is 0 Å². The van der Waals surface area contributed by atoms with Crippen LogP contribution in [0.3, 0.4) is 0 Å². The molecule has 4 aromatic rings. The lowest BCUT2D eigenvalue weighted by molar-refractivity contribution is -0.140. The minimum Gasteiger partial charge on any atom is -0.352 e. The van der Waals surface area contributed by atoms with Gasteiger partial charge in [0.15, 0.2) is 0 Å². The molecule has 1 aliphatic heterocycles. The molecule has 7 heteroatoms. The standard InChI is InChI=1S/C34H32FN3O3/c35-26-18-16-24(17-19-26)21-37(30(20-23-8-2-1-3-9-23)33(40)36-27-12-4-5-13-27)31(39)22-38-29-15-7-11-25-10-6-14-28(32(25)29)34(38)41/h1-3,6-11,14-19,27,30H,4-5,12-13,20-22H2,(H,36,40)/t30-/m0/s1. The first kappa shape index (κ1) is 26.7. The Bertz CT molecular complexity index is 1580. The van der Waals surface area contributed by atoms with Crippen LogP contribution in [0, 0.1) is 5.82 Å². The summed E-state index contributed by atoms with van der Waals surface area (Å²) in [5.41, 5.74) is 2.87. The fourth-order valence-corrected chi connectivity index (χ4v) is 6.07. The Kier molecular flexibility index (Phi) is 7.51. The highest BCUT2D eigenvalue weighted by Crippen LogP contribution is 2.37. The van der Waals surface area contributed by atoms with E-state index in [9.17, 15) is 18.8 Å². The van der Waals surface area contributed by atoms with E-state index < -0.39 is 6.04 Å². The van der Waals surface area contributed by atoms with Gasteiger partial charge in [0.25, 0.3) is 5.91 Å². The quantitative estimate of drug-likeness (QED) is 0.294. The second-order valence-electron chi connectivity index (χ2n) is 10.9. The van der Waals surface area contributed by atoms with Crippen molar-refractivity contribution in [2.24, 2.45) is 0 Å². The molecule has 1 aliphatic carbocycles. The number of halogens is 1. The van der Waals surface area contributed by atoms with Crippen LogP contribution < -0.4 is 10.2 Å². The number of carbonyl (C=O) groups excluding carboxylic acids is 3. The molecular weight excluding hydrogens is 517 g/mol. The smallest absolute Gasteiger partial charge is 0.259 e. The van der Waals surface area contributed by atoms with Crippen molar-refractivity contribution >= 4 is 34.2 Å². The Hall–Kier alpha value is -4.52. The number of anilines is 1. The molecule has 208 valence electrons. The molecule has 1 fully saturated rings. The number of hydrogen-bond acceptors (Lipinski definition) is 3. The molecule has 6 nitrogen and oxygen atoms in total. The summed E-state index contributed by atoms with van der Waals surface area (Å²) in [7, 11) is 0. The maximum atomic E-state index is 14.2. The Morgan fingerprint density at radius 3 is 2.32 bits per heavy atom. The van der Waals surface area contributed by atoms with Gasteiger partial charge in [-0.05, 0) is 53.6 Å². The fourth-order valence-electron chi connectivity index (χ4n) is 6.07. The van der Waals surface area contributed by atoms with Crippen LogP contribution in [0.15, 0.2) is 91.0 Å². The van der Waals surface area contributed by atoms with E-state index >= 15 is 0 Å². The molecule has 0 aromatic heterocycles. The summed E-state index contributed by atoms with van der Waals surface area (Å²) in [4.78, 5) is 44.7. The molecule has 0 spiro atoms. The topological polar surface area (TPSA) is 69.7 Å². The van der Waals surface area contributed by atoms with E-state index in [1.54, 1.807) is 23.1 Å². The molecule has 1 N–H and O–H groups in total. The lowest BCUT2D eigenvalue weighted by atomic mass is 10.0. The predicted molar refractivity (Wildman–Crippen MR) is 157 cm³/mol. The molecule has 0 unspecified atom stereocenters. The van der Waals surface area contributed by atoms with Crippen molar-refractivity contribution in [2.75, 3.05) is 11.4 Å². The SMILES string of the molecule is O=C(NC1CCCC1)[C@H](Cc1ccccc1)N(Cc1ccc(F)cc1)C(=O)CN1C(=O)c2cccc3cccc1c23. The Morgan fingerprint density at radius 1 is 0.878 bits per heavy atom. The Balaban J connectivity index is 1.34. The molecule has 1 saturated carbocycles. The van der Waals surface area contributed by atoms with E-state index in [0.29, 0.717) is 23.2 Å². The van der Waals surface area contributed by atoms with Crippen molar-refractivity contribution < 1.29 is 18.8 Å². The average Bonchev–Trinajstić information content (AvgIpc) is 3.60. The van der Waals surface area contributed by atoms with Gasteiger partial charge in [0, 0.05) is 30.0 Å². The second-order valence-corrected chi connectivity index (χ2v) is 10.9. The third-order valence-corrected chi connectivity index (χ3v) is 8.18. The van der Waals surface area contributed by atoms with Crippen LogP contribution in [0.1, 0.15) is 47.2 Å². The van der Waals surface area contributed by atoms with Gasteiger partial charge in [0.2, 0.25) is 11.8 Å². The molecule has 0 saturated heterocycles. The van der Waals surface area contributed by atoms with Gasteiger partial charge in [-0.3, -0.25) is 19.3 Å². The number of hydrogen-bond donors (Lipinski definition) is 1. The third kappa shape index (κ3) is 5.57. The maximum absolute atomic E-state index is 14.2. The third-order valence-electron chi connectivity index (χ3n) is 8.18. The van der Waals surface area contributed by atoms with Crippen LogP contribution in [-0.2, 0) is 22.6 Å². The summed E-state index contributed by atoms with van der Waals surface area (Å²) < 4.78 is 13.7. The van der Waals surface area contributed by atoms with E-state index in [1.807, 2.05) is 60.7 Å². The maximum Gasteiger partial charge on any atom is 0.259 e. The summed E-state index contributed by atoms with van der Waals surface area (Å²) in [6, 6.07) is 26.1. The molecule has 0 bridgehead atoms. The number of nitrogens with one attached hydrogen (secondary N) is 1. The summed E-state index contributed by atoms with van der Waals surface area (Å²) in [5, 5.41) is 4.95. The Labute approximate surface area is 238 Å². The average molecular weight is 550 g/mol. The van der Waals surface area contributed by atoms with E-state index in [1.165, 1.54) is 17.0 Å². The van der Waals surface area contributed by atoms with Crippen LogP contribution in [0.4, 0.5) is 10.1 Å². The van der Waals surface area contributed by atoms with E-state index in [4.69, 9.17) is 0 Å². The molecule has 1 atom stereocenters. The first-order valence-corrected chi connectivity index (χ1v) is 14.2. The lowest BCUT2D eigenvalue weighted by Crippen LogP contribution is -2.54. The van der Waals surface area contributed by atoms with Gasteiger partial charge < -0.3 is 10.2 Å². The van der Waals surface area contributed by atoms with Gasteiger partial charge in [-0.2, -0.15) is 0 Å². The highest BCUT2D eigenvalue weighted by atomic mass is 19.1. The molecule has 0 radical (unpaired) electrons. The van der Waals surface area contributed by atoms with Gasteiger partial charge in [-0.25, -0.2) is 4.39 Å².